The zero-order valence-electron chi connectivity index (χ0n) is 25.2. The first-order valence-corrected chi connectivity index (χ1v) is 16.6. The van der Waals surface area contributed by atoms with Crippen LogP contribution in [0.15, 0.2) is 152 Å². The second kappa shape index (κ2) is 10.3. The van der Waals surface area contributed by atoms with Crippen molar-refractivity contribution in [3.8, 4) is 33.9 Å². The highest BCUT2D eigenvalue weighted by atomic mass is 32.1. The van der Waals surface area contributed by atoms with Crippen LogP contribution in [0.25, 0.3) is 97.4 Å². The summed E-state index contributed by atoms with van der Waals surface area (Å²) in [7, 11) is 0. The fraction of sp³-hybridized carbons (Fsp3) is 0. The summed E-state index contributed by atoms with van der Waals surface area (Å²) in [6, 6.07) is 53.6. The third-order valence-electron chi connectivity index (χ3n) is 9.28. The largest absolute Gasteiger partial charge is 0.244 e. The van der Waals surface area contributed by atoms with Gasteiger partial charge in [-0.3, -0.25) is 0 Å². The quantitative estimate of drug-likeness (QED) is 0.186. The first-order chi connectivity index (χ1) is 23.3. The Bertz CT molecular complexity index is 2850. The van der Waals surface area contributed by atoms with E-state index in [2.05, 4.69) is 146 Å². The molecule has 3 aromatic heterocycles. The van der Waals surface area contributed by atoms with E-state index in [1.807, 2.05) is 17.4 Å². The molecule has 218 valence electrons. The number of nitrogens with zero attached hydrogens (tertiary/aromatic N) is 3. The Kier molecular flexibility index (Phi) is 5.74. The van der Waals surface area contributed by atoms with Gasteiger partial charge in [-0.1, -0.05) is 127 Å². The first kappa shape index (κ1) is 26.3. The monoisotopic (exact) mass is 615 g/mol. The van der Waals surface area contributed by atoms with Gasteiger partial charge in [-0.25, -0.2) is 15.0 Å². The van der Waals surface area contributed by atoms with Gasteiger partial charge in [0.25, 0.3) is 0 Å². The van der Waals surface area contributed by atoms with Crippen molar-refractivity contribution in [2.45, 2.75) is 0 Å². The van der Waals surface area contributed by atoms with Gasteiger partial charge in [0, 0.05) is 47.3 Å². The van der Waals surface area contributed by atoms with E-state index >= 15 is 0 Å². The zero-order chi connectivity index (χ0) is 30.9. The maximum atomic E-state index is 5.41. The van der Waals surface area contributed by atoms with E-state index in [0.29, 0.717) is 5.82 Å². The lowest BCUT2D eigenvalue weighted by molar-refractivity contribution is 1.21. The fourth-order valence-electron chi connectivity index (χ4n) is 7.19. The number of rotatable bonds is 3. The van der Waals surface area contributed by atoms with Crippen LogP contribution < -0.4 is 0 Å². The van der Waals surface area contributed by atoms with E-state index < -0.39 is 0 Å². The van der Waals surface area contributed by atoms with Crippen LogP contribution in [0.3, 0.4) is 0 Å². The van der Waals surface area contributed by atoms with Gasteiger partial charge in [0.1, 0.15) is 5.69 Å². The van der Waals surface area contributed by atoms with Gasteiger partial charge in [-0.05, 0) is 46.2 Å². The average Bonchev–Trinajstić information content (AvgIpc) is 3.53. The Balaban J connectivity index is 1.30. The standard InChI is InChI=1S/C43H25N3S/c1-2-12-26(13-3-1)27-22-23-30(29-15-5-4-14-28(27)29)41-32-17-7-10-20-36(32)45-43(46-41)42-34-24-25-38-40(33-18-8-11-21-37(33)47-38)39(34)31-16-6-9-19-35(31)44-42/h1-25H. The van der Waals surface area contributed by atoms with Gasteiger partial charge in [0.2, 0.25) is 0 Å². The highest BCUT2D eigenvalue weighted by molar-refractivity contribution is 7.26. The molecule has 4 heteroatoms. The molecule has 0 aliphatic carbocycles. The molecular formula is C43H25N3S. The fourth-order valence-corrected chi connectivity index (χ4v) is 8.30. The summed E-state index contributed by atoms with van der Waals surface area (Å²) < 4.78 is 2.55. The van der Waals surface area contributed by atoms with Gasteiger partial charge in [-0.2, -0.15) is 0 Å². The lowest BCUT2D eigenvalue weighted by Gasteiger charge is -2.15. The molecule has 7 aromatic carbocycles. The number of aromatic nitrogens is 3. The van der Waals surface area contributed by atoms with Crippen LogP contribution >= 0.6 is 11.3 Å². The smallest absolute Gasteiger partial charge is 0.179 e. The molecule has 0 N–H and O–H groups in total. The van der Waals surface area contributed by atoms with Crippen LogP contribution in [-0.2, 0) is 0 Å². The number of benzene rings is 7. The topological polar surface area (TPSA) is 38.7 Å². The summed E-state index contributed by atoms with van der Waals surface area (Å²) >= 11 is 1.84. The van der Waals surface area contributed by atoms with Crippen molar-refractivity contribution in [1.29, 1.82) is 0 Å². The number of thiophene rings is 1. The van der Waals surface area contributed by atoms with Gasteiger partial charge >= 0.3 is 0 Å². The van der Waals surface area contributed by atoms with Crippen LogP contribution in [0.5, 0.6) is 0 Å². The maximum absolute atomic E-state index is 5.41. The summed E-state index contributed by atoms with van der Waals surface area (Å²) in [5.41, 5.74) is 7.03. The Morgan fingerprint density at radius 3 is 1.77 bits per heavy atom. The summed E-state index contributed by atoms with van der Waals surface area (Å²) in [4.78, 5) is 15.9. The molecule has 0 aliphatic heterocycles. The predicted molar refractivity (Wildman–Crippen MR) is 199 cm³/mol. The highest BCUT2D eigenvalue weighted by Gasteiger charge is 2.20. The average molecular weight is 616 g/mol. The first-order valence-electron chi connectivity index (χ1n) is 15.8. The number of pyridine rings is 1. The third kappa shape index (κ3) is 4.02. The normalized spacial score (nSPS) is 11.8. The number of fused-ring (bicyclic) bond motifs is 9. The Labute approximate surface area is 274 Å². The Hall–Kier alpha value is -5.97. The van der Waals surface area contributed by atoms with Gasteiger partial charge in [0.05, 0.1) is 16.7 Å². The molecule has 0 radical (unpaired) electrons. The summed E-state index contributed by atoms with van der Waals surface area (Å²) in [6.07, 6.45) is 0. The van der Waals surface area contributed by atoms with E-state index in [0.717, 1.165) is 49.5 Å². The van der Waals surface area contributed by atoms with Crippen molar-refractivity contribution in [1.82, 2.24) is 15.0 Å². The Morgan fingerprint density at radius 1 is 0.340 bits per heavy atom. The molecule has 0 amide bonds. The van der Waals surface area contributed by atoms with Gasteiger partial charge < -0.3 is 0 Å². The molecule has 0 spiro atoms. The van der Waals surface area contributed by atoms with Gasteiger partial charge in [0.15, 0.2) is 5.82 Å². The predicted octanol–water partition coefficient (Wildman–Crippen LogP) is 11.9. The van der Waals surface area contributed by atoms with Crippen LogP contribution in [0, 0.1) is 0 Å². The molecule has 10 rings (SSSR count). The van der Waals surface area contributed by atoms with E-state index in [1.54, 1.807) is 0 Å². The van der Waals surface area contributed by atoms with Crippen molar-refractivity contribution in [3.63, 3.8) is 0 Å². The Morgan fingerprint density at radius 2 is 0.957 bits per heavy atom. The number of hydrogen-bond donors (Lipinski definition) is 0. The molecule has 0 aliphatic rings. The number of hydrogen-bond acceptors (Lipinski definition) is 4. The molecule has 0 saturated heterocycles. The van der Waals surface area contributed by atoms with Crippen molar-refractivity contribution in [2.24, 2.45) is 0 Å². The van der Waals surface area contributed by atoms with Crippen LogP contribution in [0.2, 0.25) is 0 Å². The SMILES string of the molecule is c1ccc(-c2ccc(-c3nc(-c4nc5ccccc5c5c4ccc4sc6ccccc6c45)nc4ccccc34)c3ccccc23)cc1. The second-order valence-corrected chi connectivity index (χ2v) is 13.0. The molecule has 3 heterocycles. The maximum Gasteiger partial charge on any atom is 0.179 e. The van der Waals surface area contributed by atoms with Crippen molar-refractivity contribution < 1.29 is 0 Å². The van der Waals surface area contributed by atoms with Crippen LogP contribution in [-0.4, -0.2) is 15.0 Å². The molecule has 0 bridgehead atoms. The van der Waals surface area contributed by atoms with Gasteiger partial charge in [-0.15, -0.1) is 11.3 Å². The van der Waals surface area contributed by atoms with E-state index in [-0.39, 0.29) is 0 Å². The number of para-hydroxylation sites is 2. The van der Waals surface area contributed by atoms with E-state index in [1.165, 1.54) is 42.1 Å². The summed E-state index contributed by atoms with van der Waals surface area (Å²) in [5.74, 6) is 0.629. The summed E-state index contributed by atoms with van der Waals surface area (Å²) in [5, 5.41) is 9.32. The van der Waals surface area contributed by atoms with E-state index in [9.17, 15) is 0 Å². The van der Waals surface area contributed by atoms with Crippen molar-refractivity contribution in [3.05, 3.63) is 152 Å². The van der Waals surface area contributed by atoms with E-state index in [4.69, 9.17) is 15.0 Å². The highest BCUT2D eigenvalue weighted by Crippen LogP contribution is 2.44. The van der Waals surface area contributed by atoms with Crippen LogP contribution in [0.4, 0.5) is 0 Å². The molecule has 0 fully saturated rings. The second-order valence-electron chi connectivity index (χ2n) is 11.9. The molecule has 3 nitrogen and oxygen atoms in total. The minimum Gasteiger partial charge on any atom is -0.244 e. The molecular weight excluding hydrogens is 591 g/mol. The van der Waals surface area contributed by atoms with Crippen molar-refractivity contribution >= 4 is 74.9 Å². The minimum atomic E-state index is 0.629. The molecule has 0 atom stereocenters. The molecule has 10 aromatic rings. The zero-order valence-corrected chi connectivity index (χ0v) is 26.0. The van der Waals surface area contributed by atoms with Crippen molar-refractivity contribution in [2.75, 3.05) is 0 Å². The summed E-state index contributed by atoms with van der Waals surface area (Å²) in [6.45, 7) is 0. The third-order valence-corrected chi connectivity index (χ3v) is 10.4. The molecule has 0 saturated carbocycles. The minimum absolute atomic E-state index is 0.629. The molecule has 47 heavy (non-hydrogen) atoms. The lowest BCUT2D eigenvalue weighted by Crippen LogP contribution is -1.99. The molecule has 0 unspecified atom stereocenters. The van der Waals surface area contributed by atoms with Crippen LogP contribution in [0.1, 0.15) is 0 Å². The lowest BCUT2D eigenvalue weighted by atomic mass is 9.92.